The van der Waals surface area contributed by atoms with Crippen molar-refractivity contribution in [2.24, 2.45) is 0 Å². The number of aryl methyl sites for hydroxylation is 1. The van der Waals surface area contributed by atoms with Crippen LogP contribution in [0.3, 0.4) is 0 Å². The zero-order chi connectivity index (χ0) is 23.3. The summed E-state index contributed by atoms with van der Waals surface area (Å²) >= 11 is 0. The predicted molar refractivity (Wildman–Crippen MR) is 126 cm³/mol. The first-order valence-electron chi connectivity index (χ1n) is 11.2. The van der Waals surface area contributed by atoms with Crippen LogP contribution < -0.4 is 4.74 Å². The Morgan fingerprint density at radius 2 is 1.71 bits per heavy atom. The van der Waals surface area contributed by atoms with Gasteiger partial charge in [0.2, 0.25) is 5.88 Å². The van der Waals surface area contributed by atoms with Gasteiger partial charge in [-0.1, -0.05) is 23.8 Å². The molecule has 0 bridgehead atoms. The van der Waals surface area contributed by atoms with Gasteiger partial charge in [-0.25, -0.2) is 19.9 Å². The number of carbonyl (C=O) groups is 1. The Bertz CT molecular complexity index is 1270. The molecule has 0 N–H and O–H groups in total. The van der Waals surface area contributed by atoms with Crippen LogP contribution in [0.15, 0.2) is 73.6 Å². The predicted octanol–water partition coefficient (Wildman–Crippen LogP) is 4.45. The van der Waals surface area contributed by atoms with Crippen molar-refractivity contribution in [3.63, 3.8) is 0 Å². The molecule has 170 valence electrons. The molecule has 0 unspecified atom stereocenters. The lowest BCUT2D eigenvalue weighted by molar-refractivity contribution is 0.0706. The van der Waals surface area contributed by atoms with Crippen LogP contribution in [0, 0.1) is 6.92 Å². The first kappa shape index (κ1) is 21.6. The third-order valence-corrected chi connectivity index (χ3v) is 5.92. The van der Waals surface area contributed by atoms with Gasteiger partial charge in [0.25, 0.3) is 5.91 Å². The van der Waals surface area contributed by atoms with Crippen molar-refractivity contribution in [3.8, 4) is 22.9 Å². The number of rotatable bonds is 5. The first-order chi connectivity index (χ1) is 16.7. The Balaban J connectivity index is 1.27. The lowest BCUT2D eigenvalue weighted by Gasteiger charge is -2.31. The summed E-state index contributed by atoms with van der Waals surface area (Å²) in [5.74, 6) is 1.34. The molecule has 8 nitrogen and oxygen atoms in total. The summed E-state index contributed by atoms with van der Waals surface area (Å²) in [5.41, 5.74) is 3.88. The van der Waals surface area contributed by atoms with Crippen LogP contribution in [0.1, 0.15) is 40.5 Å². The summed E-state index contributed by atoms with van der Waals surface area (Å²) in [6.45, 7) is 3.27. The normalized spacial score (nSPS) is 14.1. The molecule has 34 heavy (non-hydrogen) atoms. The van der Waals surface area contributed by atoms with Crippen LogP contribution >= 0.6 is 0 Å². The highest BCUT2D eigenvalue weighted by molar-refractivity contribution is 5.93. The number of hydrogen-bond acceptors (Lipinski definition) is 7. The quantitative estimate of drug-likeness (QED) is 0.442. The van der Waals surface area contributed by atoms with E-state index in [1.165, 1.54) is 11.9 Å². The molecule has 0 aliphatic carbocycles. The van der Waals surface area contributed by atoms with Crippen molar-refractivity contribution in [1.29, 1.82) is 0 Å². The second-order valence-electron chi connectivity index (χ2n) is 8.26. The number of aromatic nitrogens is 5. The van der Waals surface area contributed by atoms with Crippen molar-refractivity contribution in [2.75, 3.05) is 13.1 Å². The zero-order valence-electron chi connectivity index (χ0n) is 18.8. The summed E-state index contributed by atoms with van der Waals surface area (Å²) < 4.78 is 6.04. The summed E-state index contributed by atoms with van der Waals surface area (Å²) in [4.78, 5) is 36.6. The van der Waals surface area contributed by atoms with E-state index in [9.17, 15) is 4.79 Å². The topological polar surface area (TPSA) is 94.0 Å². The lowest BCUT2D eigenvalue weighted by atomic mass is 9.93. The maximum atomic E-state index is 13.1. The molecule has 4 heterocycles. The summed E-state index contributed by atoms with van der Waals surface area (Å²) in [6.07, 6.45) is 9.73. The molecule has 0 spiro atoms. The average molecular weight is 453 g/mol. The minimum atomic E-state index is -0.0765. The van der Waals surface area contributed by atoms with Gasteiger partial charge in [0, 0.05) is 49.4 Å². The van der Waals surface area contributed by atoms with Gasteiger partial charge in [0.05, 0.1) is 5.69 Å². The molecule has 0 atom stereocenters. The number of amides is 1. The van der Waals surface area contributed by atoms with Gasteiger partial charge in [-0.3, -0.25) is 9.78 Å². The molecule has 0 saturated carbocycles. The van der Waals surface area contributed by atoms with E-state index in [4.69, 9.17) is 4.74 Å². The van der Waals surface area contributed by atoms with E-state index in [1.807, 2.05) is 48.2 Å². The van der Waals surface area contributed by atoms with Crippen molar-refractivity contribution < 1.29 is 9.53 Å². The van der Waals surface area contributed by atoms with E-state index >= 15 is 0 Å². The molecule has 1 fully saturated rings. The monoisotopic (exact) mass is 452 g/mol. The van der Waals surface area contributed by atoms with E-state index in [0.29, 0.717) is 30.4 Å². The van der Waals surface area contributed by atoms with Gasteiger partial charge >= 0.3 is 0 Å². The van der Waals surface area contributed by atoms with Crippen LogP contribution in [0.25, 0.3) is 11.3 Å². The maximum Gasteiger partial charge on any atom is 0.272 e. The third kappa shape index (κ3) is 4.76. The smallest absolute Gasteiger partial charge is 0.272 e. The SMILES string of the molecule is Cc1ccc(Oc2nccnc2C2CCN(C(=O)c3cccc(-c4cncnc4)n3)CC2)cc1. The second kappa shape index (κ2) is 9.74. The Morgan fingerprint density at radius 1 is 0.971 bits per heavy atom. The zero-order valence-corrected chi connectivity index (χ0v) is 18.8. The lowest BCUT2D eigenvalue weighted by Crippen LogP contribution is -2.38. The highest BCUT2D eigenvalue weighted by atomic mass is 16.5. The molecule has 8 heteroatoms. The number of piperidine rings is 1. The standard InChI is InChI=1S/C26H24N6O2/c1-18-5-7-21(8-6-18)34-25-24(29-11-12-30-25)19-9-13-32(14-10-19)26(33)23-4-2-3-22(31-23)20-15-27-17-28-16-20/h2-8,11-12,15-17,19H,9-10,13-14H2,1H3. The molecule has 1 aliphatic heterocycles. The third-order valence-electron chi connectivity index (χ3n) is 5.92. The molecular weight excluding hydrogens is 428 g/mol. The van der Waals surface area contributed by atoms with Crippen molar-refractivity contribution in [2.45, 2.75) is 25.7 Å². The average Bonchev–Trinajstić information content (AvgIpc) is 2.91. The molecule has 5 rings (SSSR count). The second-order valence-corrected chi connectivity index (χ2v) is 8.26. The van der Waals surface area contributed by atoms with Gasteiger partial charge in [0.1, 0.15) is 23.5 Å². The van der Waals surface area contributed by atoms with E-state index in [0.717, 1.165) is 29.8 Å². The molecule has 0 radical (unpaired) electrons. The molecular formula is C26H24N6O2. The number of benzene rings is 1. The van der Waals surface area contributed by atoms with Crippen LogP contribution in [-0.4, -0.2) is 48.8 Å². The number of ether oxygens (including phenoxy) is 1. The van der Waals surface area contributed by atoms with Crippen molar-refractivity contribution >= 4 is 5.91 Å². The highest BCUT2D eigenvalue weighted by Gasteiger charge is 2.28. The Hall–Kier alpha value is -4.20. The fourth-order valence-electron chi connectivity index (χ4n) is 4.08. The van der Waals surface area contributed by atoms with Gasteiger partial charge < -0.3 is 9.64 Å². The molecule has 1 amide bonds. The maximum absolute atomic E-state index is 13.1. The summed E-state index contributed by atoms with van der Waals surface area (Å²) in [5, 5.41) is 0. The highest BCUT2D eigenvalue weighted by Crippen LogP contribution is 2.34. The van der Waals surface area contributed by atoms with Crippen molar-refractivity contribution in [3.05, 3.63) is 90.5 Å². The van der Waals surface area contributed by atoms with E-state index in [-0.39, 0.29) is 11.8 Å². The number of likely N-dealkylation sites (tertiary alicyclic amines) is 1. The van der Waals surface area contributed by atoms with Crippen LogP contribution in [0.5, 0.6) is 11.6 Å². The van der Waals surface area contributed by atoms with Gasteiger partial charge in [0.15, 0.2) is 0 Å². The van der Waals surface area contributed by atoms with Crippen LogP contribution in [0.4, 0.5) is 0 Å². The number of hydrogen-bond donors (Lipinski definition) is 0. The number of nitrogens with zero attached hydrogens (tertiary/aromatic N) is 6. The van der Waals surface area contributed by atoms with Crippen LogP contribution in [0.2, 0.25) is 0 Å². The Kier molecular flexibility index (Phi) is 6.20. The summed E-state index contributed by atoms with van der Waals surface area (Å²) in [6, 6.07) is 13.3. The number of carbonyl (C=O) groups excluding carboxylic acids is 1. The minimum absolute atomic E-state index is 0.0765. The minimum Gasteiger partial charge on any atom is -0.437 e. The Morgan fingerprint density at radius 3 is 2.47 bits per heavy atom. The van der Waals surface area contributed by atoms with E-state index in [2.05, 4.69) is 24.9 Å². The van der Waals surface area contributed by atoms with E-state index in [1.54, 1.807) is 30.9 Å². The summed E-state index contributed by atoms with van der Waals surface area (Å²) in [7, 11) is 0. The van der Waals surface area contributed by atoms with E-state index < -0.39 is 0 Å². The van der Waals surface area contributed by atoms with Gasteiger partial charge in [-0.15, -0.1) is 0 Å². The van der Waals surface area contributed by atoms with Gasteiger partial charge in [-0.2, -0.15) is 0 Å². The molecule has 4 aromatic rings. The first-order valence-corrected chi connectivity index (χ1v) is 11.2. The fourth-order valence-corrected chi connectivity index (χ4v) is 4.08. The number of pyridine rings is 1. The molecule has 1 aliphatic rings. The van der Waals surface area contributed by atoms with Gasteiger partial charge in [-0.05, 0) is 44.0 Å². The van der Waals surface area contributed by atoms with Crippen LogP contribution in [-0.2, 0) is 0 Å². The molecule has 1 saturated heterocycles. The largest absolute Gasteiger partial charge is 0.437 e. The Labute approximate surface area is 197 Å². The molecule has 3 aromatic heterocycles. The fraction of sp³-hybridized carbons (Fsp3) is 0.231. The molecule has 1 aromatic carbocycles. The van der Waals surface area contributed by atoms with Crippen molar-refractivity contribution in [1.82, 2.24) is 29.8 Å².